The van der Waals surface area contributed by atoms with E-state index in [1.807, 2.05) is 18.2 Å². The number of methoxy groups -OCH3 is 1. The summed E-state index contributed by atoms with van der Waals surface area (Å²) < 4.78 is 101. The standard InChI is InChI=1S/C62H106O13SSi4/c1-23-30-47-51(52(66-14)49(70-47)38-44(73-78(17,18)60(5,6)7)40-68-77(15,16)59(2,3)4)58(76(64,65)45-33-28-25-29-34-45)46(63)37-43-35-36-48-53(69-43)57(75-80(21,22)62(11,12)13)56-55(71-48)54(74-79(19,20)61(8,9)10)50(72-56)41-67-39-42-31-26-24-27-32-42/h23-29,31-34,43-44,47-58H,1,30,35-41H2,2-22H3/t43-,44+,47-,48+,49-,50-,51+,52+,53+,54+,55+,56-,57+,58?/m1/s1. The molecular weight excluding hydrogens is 1100 g/mol. The van der Waals surface area contributed by atoms with Gasteiger partial charge in [0.1, 0.15) is 41.9 Å². The summed E-state index contributed by atoms with van der Waals surface area (Å²) in [5, 5.41) is -1.92. The Labute approximate surface area is 488 Å². The zero-order valence-corrected chi connectivity index (χ0v) is 57.8. The van der Waals surface area contributed by atoms with Crippen molar-refractivity contribution < 1.29 is 59.3 Å². The summed E-state index contributed by atoms with van der Waals surface area (Å²) in [6.45, 7) is 49.8. The van der Waals surface area contributed by atoms with Gasteiger partial charge in [-0.3, -0.25) is 4.79 Å². The van der Waals surface area contributed by atoms with Crippen molar-refractivity contribution in [3.63, 3.8) is 0 Å². The highest BCUT2D eigenvalue weighted by Crippen LogP contribution is 2.49. The van der Waals surface area contributed by atoms with Crippen LogP contribution in [0, 0.1) is 5.92 Å². The number of sulfone groups is 1. The first kappa shape index (κ1) is 67.4. The smallest absolute Gasteiger partial charge is 0.192 e. The summed E-state index contributed by atoms with van der Waals surface area (Å²) >= 11 is 0. The average Bonchev–Trinajstić information content (AvgIpc) is 3.85. The van der Waals surface area contributed by atoms with Gasteiger partial charge in [-0.1, -0.05) is 138 Å². The second kappa shape index (κ2) is 25.7. The summed E-state index contributed by atoms with van der Waals surface area (Å²) in [7, 11) is -12.3. The van der Waals surface area contributed by atoms with Crippen LogP contribution in [0.15, 0.2) is 78.2 Å². The Bertz CT molecular complexity index is 2450. The van der Waals surface area contributed by atoms with E-state index in [9.17, 15) is 0 Å². The molecule has 0 N–H and O–H groups in total. The molecule has 0 saturated carbocycles. The van der Waals surface area contributed by atoms with Crippen LogP contribution in [0.1, 0.15) is 121 Å². The van der Waals surface area contributed by atoms with Gasteiger partial charge in [0.15, 0.2) is 48.9 Å². The molecule has 4 heterocycles. The Morgan fingerprint density at radius 3 is 1.73 bits per heavy atom. The Balaban J connectivity index is 1.35. The molecule has 13 nitrogen and oxygen atoms in total. The van der Waals surface area contributed by atoms with Crippen LogP contribution in [-0.4, -0.2) is 146 Å². The second-order valence-corrected chi connectivity index (χ2v) is 50.7. The predicted octanol–water partition coefficient (Wildman–Crippen LogP) is 13.6. The van der Waals surface area contributed by atoms with Crippen LogP contribution in [0.3, 0.4) is 0 Å². The zero-order chi connectivity index (χ0) is 59.8. The molecule has 0 bridgehead atoms. The van der Waals surface area contributed by atoms with E-state index in [1.54, 1.807) is 43.5 Å². The highest BCUT2D eigenvalue weighted by atomic mass is 32.2. The van der Waals surface area contributed by atoms with E-state index in [4.69, 9.17) is 46.1 Å². The van der Waals surface area contributed by atoms with Crippen molar-refractivity contribution in [3.05, 3.63) is 78.9 Å². The van der Waals surface area contributed by atoms with Crippen molar-refractivity contribution in [2.24, 2.45) is 5.92 Å². The van der Waals surface area contributed by atoms with Gasteiger partial charge < -0.3 is 46.1 Å². The first-order valence-corrected chi connectivity index (χ1v) is 42.8. The van der Waals surface area contributed by atoms with Gasteiger partial charge in [-0.15, -0.1) is 6.58 Å². The van der Waals surface area contributed by atoms with E-state index < -0.39 is 127 Å². The number of ketones is 1. The molecule has 0 amide bonds. The summed E-state index contributed by atoms with van der Waals surface area (Å²) in [6.07, 6.45) is -3.41. The molecule has 14 atom stereocenters. The van der Waals surface area contributed by atoms with Crippen LogP contribution in [0.25, 0.3) is 0 Å². The van der Waals surface area contributed by atoms with Crippen molar-refractivity contribution >= 4 is 48.9 Å². The summed E-state index contributed by atoms with van der Waals surface area (Å²) in [4.78, 5) is 15.8. The number of ether oxygens (including phenoxy) is 6. The van der Waals surface area contributed by atoms with Crippen molar-refractivity contribution in [1.29, 1.82) is 0 Å². The molecule has 4 saturated heterocycles. The molecule has 0 spiro atoms. The lowest BCUT2D eigenvalue weighted by atomic mass is 9.84. The Hall–Kier alpha value is -1.73. The first-order valence-electron chi connectivity index (χ1n) is 29.6. The SMILES string of the molecule is C=CC[C@H]1O[C@H](C[C@@H](CO[Si](C)(C)C(C)(C)C)O[Si](C)(C)C(C)(C)C)[C@H](OC)[C@H]1C(C(=O)C[C@H]1CC[C@@H]2O[C@@H]3[C@@H](O[C@H](COCc4ccccc4)[C@@H]3O[Si](C)(C)C(C)(C)C)[C@@H](O[Si](C)(C)C(C)(C)C)[C@H]2O1)S(=O)(=O)c1ccccc1. The molecule has 18 heteroatoms. The van der Waals surface area contributed by atoms with Gasteiger partial charge in [-0.25, -0.2) is 8.42 Å². The lowest BCUT2D eigenvalue weighted by Gasteiger charge is -2.51. The van der Waals surface area contributed by atoms with Crippen LogP contribution in [0.5, 0.6) is 0 Å². The van der Waals surface area contributed by atoms with E-state index in [1.165, 1.54) is 0 Å². The average molecular weight is 1200 g/mol. The predicted molar refractivity (Wildman–Crippen MR) is 330 cm³/mol. The van der Waals surface area contributed by atoms with E-state index in [0.717, 1.165) is 5.56 Å². The molecular formula is C62H106O13SSi4. The quantitative estimate of drug-likeness (QED) is 0.0727. The van der Waals surface area contributed by atoms with Crippen molar-refractivity contribution in [3.8, 4) is 0 Å². The number of hydrogen-bond acceptors (Lipinski definition) is 13. The van der Waals surface area contributed by atoms with Gasteiger partial charge >= 0.3 is 0 Å². The minimum absolute atomic E-state index is 0.0325. The summed E-state index contributed by atoms with van der Waals surface area (Å²) in [6, 6.07) is 18.4. The fraction of sp³-hybridized carbons (Fsp3) is 0.758. The molecule has 4 fully saturated rings. The normalized spacial score (nSPS) is 29.2. The third kappa shape index (κ3) is 15.4. The van der Waals surface area contributed by atoms with Crippen LogP contribution in [0.4, 0.5) is 0 Å². The van der Waals surface area contributed by atoms with E-state index in [2.05, 4.69) is 154 Å². The maximum atomic E-state index is 15.7. The van der Waals surface area contributed by atoms with Gasteiger partial charge in [0.25, 0.3) is 0 Å². The van der Waals surface area contributed by atoms with Crippen LogP contribution < -0.4 is 0 Å². The van der Waals surface area contributed by atoms with Gasteiger partial charge in [-0.05, 0) is 109 Å². The van der Waals surface area contributed by atoms with Crippen LogP contribution >= 0.6 is 0 Å². The number of carbonyl (C=O) groups is 1. The molecule has 2 aromatic carbocycles. The van der Waals surface area contributed by atoms with E-state index in [0.29, 0.717) is 38.9 Å². The van der Waals surface area contributed by atoms with Gasteiger partial charge in [-0.2, -0.15) is 0 Å². The summed E-state index contributed by atoms with van der Waals surface area (Å²) in [5.41, 5.74) is 1.07. The molecule has 4 aliphatic heterocycles. The number of carbonyl (C=O) groups excluding carboxylic acids is 1. The minimum Gasteiger partial charge on any atom is -0.414 e. The molecule has 454 valence electrons. The lowest BCUT2D eigenvalue weighted by Crippen LogP contribution is -2.65. The third-order valence-electron chi connectivity index (χ3n) is 19.6. The largest absolute Gasteiger partial charge is 0.414 e. The van der Waals surface area contributed by atoms with Gasteiger partial charge in [0.2, 0.25) is 0 Å². The second-order valence-electron chi connectivity index (χ2n) is 29.5. The van der Waals surface area contributed by atoms with Crippen LogP contribution in [-0.2, 0) is 67.4 Å². The molecule has 0 radical (unpaired) electrons. The maximum absolute atomic E-state index is 15.7. The Morgan fingerprint density at radius 2 is 1.19 bits per heavy atom. The molecule has 2 aromatic rings. The number of rotatable bonds is 24. The van der Waals surface area contributed by atoms with Crippen molar-refractivity contribution in [1.82, 2.24) is 0 Å². The third-order valence-corrected chi connectivity index (χ3v) is 39.7. The van der Waals surface area contributed by atoms with Gasteiger partial charge in [0, 0.05) is 25.9 Å². The number of fused-ring (bicyclic) bond motifs is 2. The number of benzene rings is 2. The highest BCUT2D eigenvalue weighted by molar-refractivity contribution is 7.92. The molecule has 4 aliphatic rings. The Kier molecular flexibility index (Phi) is 21.6. The van der Waals surface area contributed by atoms with E-state index in [-0.39, 0.29) is 44.2 Å². The molecule has 6 rings (SSSR count). The van der Waals surface area contributed by atoms with Crippen LogP contribution in [0.2, 0.25) is 72.5 Å². The zero-order valence-electron chi connectivity index (χ0n) is 53.0. The fourth-order valence-corrected chi connectivity index (χ4v) is 17.7. The molecule has 1 unspecified atom stereocenters. The lowest BCUT2D eigenvalue weighted by molar-refractivity contribution is -0.255. The fourth-order valence-electron chi connectivity index (χ4n) is 10.7. The topological polar surface area (TPSA) is 144 Å². The Morgan fingerprint density at radius 1 is 0.650 bits per heavy atom. The molecule has 0 aliphatic carbocycles. The monoisotopic (exact) mass is 1200 g/mol. The maximum Gasteiger partial charge on any atom is 0.192 e. The van der Waals surface area contributed by atoms with Crippen molar-refractivity contribution in [2.75, 3.05) is 20.3 Å². The molecule has 80 heavy (non-hydrogen) atoms. The highest BCUT2D eigenvalue weighted by Gasteiger charge is 2.62. The molecule has 0 aromatic heterocycles. The first-order chi connectivity index (χ1) is 36.8. The van der Waals surface area contributed by atoms with E-state index >= 15 is 13.2 Å². The minimum atomic E-state index is -4.35. The summed E-state index contributed by atoms with van der Waals surface area (Å²) in [5.74, 6) is -1.35. The van der Waals surface area contributed by atoms with Crippen molar-refractivity contribution in [2.45, 2.75) is 278 Å². The number of hydrogen-bond donors (Lipinski definition) is 0. The van der Waals surface area contributed by atoms with Gasteiger partial charge in [0.05, 0.1) is 61.3 Å². The number of Topliss-reactive ketones (excluding diaryl/α,β-unsaturated/α-hetero) is 1.